The molecule has 0 saturated carbocycles. The molecule has 1 N–H and O–H groups in total. The summed E-state index contributed by atoms with van der Waals surface area (Å²) in [5, 5.41) is 6.86. The van der Waals surface area contributed by atoms with Gasteiger partial charge in [-0.1, -0.05) is 12.1 Å². The highest BCUT2D eigenvalue weighted by molar-refractivity contribution is 5.88. The van der Waals surface area contributed by atoms with Crippen LogP contribution in [0.2, 0.25) is 0 Å². The molecule has 0 spiro atoms. The lowest BCUT2D eigenvalue weighted by atomic mass is 10.2. The van der Waals surface area contributed by atoms with Crippen molar-refractivity contribution >= 4 is 11.6 Å². The second-order valence-corrected chi connectivity index (χ2v) is 3.58. The first-order valence-electron chi connectivity index (χ1n) is 5.08. The van der Waals surface area contributed by atoms with Crippen molar-refractivity contribution in [3.05, 3.63) is 48.3 Å². The number of benzene rings is 1. The normalized spacial score (nSPS) is 10.1. The van der Waals surface area contributed by atoms with Gasteiger partial charge in [0, 0.05) is 25.0 Å². The number of hydrogen-bond donors (Lipinski definition) is 1. The van der Waals surface area contributed by atoms with E-state index in [1.165, 1.54) is 6.92 Å². The second-order valence-electron chi connectivity index (χ2n) is 3.58. The van der Waals surface area contributed by atoms with Crippen molar-refractivity contribution in [3.63, 3.8) is 0 Å². The van der Waals surface area contributed by atoms with Gasteiger partial charge in [-0.05, 0) is 23.8 Å². The van der Waals surface area contributed by atoms with Gasteiger partial charge in [0.1, 0.15) is 0 Å². The number of nitrogens with zero attached hydrogens (tertiary/aromatic N) is 2. The average Bonchev–Trinajstić information content (AvgIpc) is 2.73. The molecule has 2 aromatic rings. The van der Waals surface area contributed by atoms with Crippen molar-refractivity contribution in [2.45, 2.75) is 13.5 Å². The zero-order valence-electron chi connectivity index (χ0n) is 9.05. The van der Waals surface area contributed by atoms with Crippen LogP contribution < -0.4 is 5.32 Å². The molecule has 0 unspecified atom stereocenters. The van der Waals surface area contributed by atoms with E-state index in [1.54, 1.807) is 6.20 Å². The Morgan fingerprint density at radius 3 is 2.69 bits per heavy atom. The molecule has 0 atom stereocenters. The van der Waals surface area contributed by atoms with Crippen LogP contribution in [0.5, 0.6) is 0 Å². The molecule has 1 amide bonds. The molecule has 0 aliphatic heterocycles. The third-order valence-corrected chi connectivity index (χ3v) is 2.18. The predicted octanol–water partition coefficient (Wildman–Crippen LogP) is 1.89. The fraction of sp³-hybridized carbons (Fsp3) is 0.167. The van der Waals surface area contributed by atoms with Crippen molar-refractivity contribution in [3.8, 4) is 0 Å². The fourth-order valence-corrected chi connectivity index (χ4v) is 1.48. The summed E-state index contributed by atoms with van der Waals surface area (Å²) in [7, 11) is 0. The highest BCUT2D eigenvalue weighted by Gasteiger charge is 1.97. The van der Waals surface area contributed by atoms with E-state index in [4.69, 9.17) is 0 Å². The molecule has 16 heavy (non-hydrogen) atoms. The first-order chi connectivity index (χ1) is 7.74. The summed E-state index contributed by atoms with van der Waals surface area (Å²) < 4.78 is 1.85. The minimum atomic E-state index is -0.0557. The maximum atomic E-state index is 10.8. The second kappa shape index (κ2) is 4.61. The van der Waals surface area contributed by atoms with Crippen molar-refractivity contribution in [1.29, 1.82) is 0 Å². The van der Waals surface area contributed by atoms with Crippen LogP contribution >= 0.6 is 0 Å². The molecule has 0 aliphatic rings. The molecule has 1 aromatic heterocycles. The molecule has 0 fully saturated rings. The van der Waals surface area contributed by atoms with Gasteiger partial charge >= 0.3 is 0 Å². The number of amides is 1. The van der Waals surface area contributed by atoms with Gasteiger partial charge in [0.2, 0.25) is 5.91 Å². The van der Waals surface area contributed by atoms with Gasteiger partial charge in [-0.25, -0.2) is 0 Å². The van der Waals surface area contributed by atoms with E-state index in [1.807, 2.05) is 41.2 Å². The summed E-state index contributed by atoms with van der Waals surface area (Å²) in [5.41, 5.74) is 1.97. The van der Waals surface area contributed by atoms with Crippen molar-refractivity contribution in [2.24, 2.45) is 0 Å². The summed E-state index contributed by atoms with van der Waals surface area (Å²) in [6.45, 7) is 2.24. The number of carbonyl (C=O) groups is 1. The monoisotopic (exact) mass is 215 g/mol. The summed E-state index contributed by atoms with van der Waals surface area (Å²) in [5.74, 6) is -0.0557. The zero-order valence-corrected chi connectivity index (χ0v) is 9.05. The minimum Gasteiger partial charge on any atom is -0.326 e. The molecule has 4 heteroatoms. The molecule has 0 saturated heterocycles. The molecule has 2 rings (SSSR count). The van der Waals surface area contributed by atoms with Gasteiger partial charge in [-0.3, -0.25) is 9.48 Å². The summed E-state index contributed by atoms with van der Waals surface area (Å²) in [4.78, 5) is 10.8. The zero-order chi connectivity index (χ0) is 11.4. The van der Waals surface area contributed by atoms with Crippen LogP contribution in [0.1, 0.15) is 12.5 Å². The molecule has 1 heterocycles. The van der Waals surface area contributed by atoms with Crippen molar-refractivity contribution < 1.29 is 4.79 Å². The standard InChI is InChI=1S/C12H13N3O/c1-10(16)14-12-5-3-11(4-6-12)9-15-8-2-7-13-15/h2-8H,9H2,1H3,(H,14,16). The molecule has 0 aliphatic carbocycles. The Kier molecular flexibility index (Phi) is 3.00. The van der Waals surface area contributed by atoms with Gasteiger partial charge in [0.05, 0.1) is 6.54 Å². The van der Waals surface area contributed by atoms with Gasteiger partial charge < -0.3 is 5.32 Å². The largest absolute Gasteiger partial charge is 0.326 e. The van der Waals surface area contributed by atoms with Crippen LogP contribution in [0.4, 0.5) is 5.69 Å². The maximum Gasteiger partial charge on any atom is 0.221 e. The van der Waals surface area contributed by atoms with E-state index >= 15 is 0 Å². The van der Waals surface area contributed by atoms with Crippen LogP contribution in [0.3, 0.4) is 0 Å². The summed E-state index contributed by atoms with van der Waals surface area (Å²) in [6, 6.07) is 9.63. The smallest absolute Gasteiger partial charge is 0.221 e. The minimum absolute atomic E-state index is 0.0557. The van der Waals surface area contributed by atoms with Crippen LogP contribution in [0.25, 0.3) is 0 Å². The summed E-state index contributed by atoms with van der Waals surface area (Å²) in [6.07, 6.45) is 3.67. The number of nitrogens with one attached hydrogen (secondary N) is 1. The van der Waals surface area contributed by atoms with Crippen LogP contribution in [0.15, 0.2) is 42.7 Å². The predicted molar refractivity (Wildman–Crippen MR) is 62.1 cm³/mol. The summed E-state index contributed by atoms with van der Waals surface area (Å²) >= 11 is 0. The van der Waals surface area contributed by atoms with Crippen LogP contribution in [0, 0.1) is 0 Å². The Hall–Kier alpha value is -2.10. The average molecular weight is 215 g/mol. The molecule has 0 radical (unpaired) electrons. The topological polar surface area (TPSA) is 46.9 Å². The lowest BCUT2D eigenvalue weighted by Crippen LogP contribution is -2.06. The number of rotatable bonds is 3. The number of carbonyl (C=O) groups excluding carboxylic acids is 1. The number of hydrogen-bond acceptors (Lipinski definition) is 2. The number of anilines is 1. The van der Waals surface area contributed by atoms with E-state index in [0.29, 0.717) is 0 Å². The van der Waals surface area contributed by atoms with Crippen molar-refractivity contribution in [2.75, 3.05) is 5.32 Å². The molecule has 82 valence electrons. The Morgan fingerprint density at radius 1 is 1.38 bits per heavy atom. The third kappa shape index (κ3) is 2.70. The fourth-order valence-electron chi connectivity index (χ4n) is 1.48. The van der Waals surface area contributed by atoms with Gasteiger partial charge in [-0.15, -0.1) is 0 Å². The number of aromatic nitrogens is 2. The molecule has 0 bridgehead atoms. The van der Waals surface area contributed by atoms with Gasteiger partial charge in [0.25, 0.3) is 0 Å². The Labute approximate surface area is 93.9 Å². The SMILES string of the molecule is CC(=O)Nc1ccc(Cn2cccn2)cc1. The van der Waals surface area contributed by atoms with Crippen LogP contribution in [-0.2, 0) is 11.3 Å². The lowest BCUT2D eigenvalue weighted by molar-refractivity contribution is -0.114. The van der Waals surface area contributed by atoms with E-state index in [0.717, 1.165) is 17.8 Å². The van der Waals surface area contributed by atoms with Crippen LogP contribution in [-0.4, -0.2) is 15.7 Å². The van der Waals surface area contributed by atoms with Gasteiger partial charge in [-0.2, -0.15) is 5.10 Å². The molecular formula is C12H13N3O. The van der Waals surface area contributed by atoms with E-state index in [9.17, 15) is 4.79 Å². The highest BCUT2D eigenvalue weighted by atomic mass is 16.1. The van der Waals surface area contributed by atoms with E-state index in [2.05, 4.69) is 10.4 Å². The molecule has 1 aromatic carbocycles. The first-order valence-corrected chi connectivity index (χ1v) is 5.08. The van der Waals surface area contributed by atoms with E-state index in [-0.39, 0.29) is 5.91 Å². The lowest BCUT2D eigenvalue weighted by Gasteiger charge is -2.04. The first kappa shape index (κ1) is 10.4. The Morgan fingerprint density at radius 2 is 2.12 bits per heavy atom. The molecule has 4 nitrogen and oxygen atoms in total. The maximum absolute atomic E-state index is 10.8. The third-order valence-electron chi connectivity index (χ3n) is 2.18. The molecular weight excluding hydrogens is 202 g/mol. The quantitative estimate of drug-likeness (QED) is 0.849. The van der Waals surface area contributed by atoms with E-state index < -0.39 is 0 Å². The Bertz CT molecular complexity index is 460. The van der Waals surface area contributed by atoms with Crippen molar-refractivity contribution in [1.82, 2.24) is 9.78 Å². The van der Waals surface area contributed by atoms with Gasteiger partial charge in [0.15, 0.2) is 0 Å². The highest BCUT2D eigenvalue weighted by Crippen LogP contribution is 2.10. The Balaban J connectivity index is 2.05.